The molecule has 0 bridgehead atoms. The van der Waals surface area contributed by atoms with Crippen LogP contribution in [0, 0.1) is 0 Å². The Morgan fingerprint density at radius 1 is 1.42 bits per heavy atom. The predicted octanol–water partition coefficient (Wildman–Crippen LogP) is 4.95. The lowest BCUT2D eigenvalue weighted by atomic mass is 10.1. The van der Waals surface area contributed by atoms with Crippen LogP contribution in [0.5, 0.6) is 0 Å². The summed E-state index contributed by atoms with van der Waals surface area (Å²) in [5, 5.41) is 0.775. The summed E-state index contributed by atoms with van der Waals surface area (Å²) in [6, 6.07) is 5.95. The van der Waals surface area contributed by atoms with Crippen LogP contribution in [0.1, 0.15) is 23.7 Å². The van der Waals surface area contributed by atoms with Crippen LogP contribution >= 0.6 is 43.5 Å². The minimum atomic E-state index is 0.396. The van der Waals surface area contributed by atoms with E-state index in [1.54, 1.807) is 0 Å². The standard InChI is InChI=1S/C9H9Br2Cl/c1-2-9(11)6-3-7(10)5-8(12)4-6/h3-5,9H,2H2,1H3. The van der Waals surface area contributed by atoms with Crippen LogP contribution in [-0.2, 0) is 0 Å². The Morgan fingerprint density at radius 3 is 2.58 bits per heavy atom. The Hall–Kier alpha value is 0.470. The van der Waals surface area contributed by atoms with Gasteiger partial charge in [0.2, 0.25) is 0 Å². The molecule has 0 spiro atoms. The number of alkyl halides is 1. The van der Waals surface area contributed by atoms with Crippen LogP contribution in [0.4, 0.5) is 0 Å². The number of halogens is 3. The third-order valence-corrected chi connectivity index (χ3v) is 3.46. The van der Waals surface area contributed by atoms with E-state index in [-0.39, 0.29) is 0 Å². The molecule has 66 valence electrons. The minimum absolute atomic E-state index is 0.396. The second kappa shape index (κ2) is 4.64. The summed E-state index contributed by atoms with van der Waals surface area (Å²) in [6.07, 6.45) is 1.06. The van der Waals surface area contributed by atoms with Gasteiger partial charge >= 0.3 is 0 Å². The van der Waals surface area contributed by atoms with Crippen LogP contribution in [0.25, 0.3) is 0 Å². The lowest BCUT2D eigenvalue weighted by Gasteiger charge is -2.07. The number of benzene rings is 1. The lowest BCUT2D eigenvalue weighted by molar-refractivity contribution is 0.910. The van der Waals surface area contributed by atoms with Gasteiger partial charge in [0, 0.05) is 14.3 Å². The van der Waals surface area contributed by atoms with E-state index in [0.717, 1.165) is 15.9 Å². The van der Waals surface area contributed by atoms with E-state index in [0.29, 0.717) is 4.83 Å². The van der Waals surface area contributed by atoms with E-state index in [1.807, 2.05) is 12.1 Å². The molecule has 0 aliphatic carbocycles. The first kappa shape index (κ1) is 10.6. The van der Waals surface area contributed by atoms with E-state index in [4.69, 9.17) is 11.6 Å². The largest absolute Gasteiger partial charge is 0.0843 e. The summed E-state index contributed by atoms with van der Waals surface area (Å²) in [7, 11) is 0. The SMILES string of the molecule is CCC(Br)c1cc(Cl)cc(Br)c1. The first-order valence-electron chi connectivity index (χ1n) is 3.73. The molecule has 12 heavy (non-hydrogen) atoms. The second-order valence-electron chi connectivity index (χ2n) is 2.58. The minimum Gasteiger partial charge on any atom is -0.0843 e. The third kappa shape index (κ3) is 2.75. The zero-order valence-electron chi connectivity index (χ0n) is 6.65. The maximum absolute atomic E-state index is 5.90. The first-order valence-corrected chi connectivity index (χ1v) is 5.82. The average molecular weight is 312 g/mol. The monoisotopic (exact) mass is 310 g/mol. The molecular weight excluding hydrogens is 303 g/mol. The number of rotatable bonds is 2. The quantitative estimate of drug-likeness (QED) is 0.678. The van der Waals surface area contributed by atoms with E-state index in [2.05, 4.69) is 44.8 Å². The molecule has 1 atom stereocenters. The molecule has 1 aromatic carbocycles. The van der Waals surface area contributed by atoms with Gasteiger partial charge in [-0.2, -0.15) is 0 Å². The van der Waals surface area contributed by atoms with E-state index in [1.165, 1.54) is 5.56 Å². The van der Waals surface area contributed by atoms with Gasteiger partial charge in [0.1, 0.15) is 0 Å². The highest BCUT2D eigenvalue weighted by atomic mass is 79.9. The van der Waals surface area contributed by atoms with Crippen LogP contribution < -0.4 is 0 Å². The molecule has 1 unspecified atom stereocenters. The Bertz CT molecular complexity index is 253. The molecule has 0 amide bonds. The van der Waals surface area contributed by atoms with Crippen molar-refractivity contribution in [1.82, 2.24) is 0 Å². The fourth-order valence-electron chi connectivity index (χ4n) is 0.992. The van der Waals surface area contributed by atoms with Crippen molar-refractivity contribution in [3.63, 3.8) is 0 Å². The molecule has 1 rings (SSSR count). The molecule has 0 fully saturated rings. The van der Waals surface area contributed by atoms with E-state index < -0.39 is 0 Å². The smallest absolute Gasteiger partial charge is 0.0420 e. The van der Waals surface area contributed by atoms with Gasteiger partial charge in [0.15, 0.2) is 0 Å². The first-order chi connectivity index (χ1) is 5.63. The molecule has 0 saturated heterocycles. The molecule has 0 N–H and O–H groups in total. The predicted molar refractivity (Wildman–Crippen MR) is 61.1 cm³/mol. The van der Waals surface area contributed by atoms with Crippen molar-refractivity contribution in [3.05, 3.63) is 33.3 Å². The summed E-state index contributed by atoms with van der Waals surface area (Å²) < 4.78 is 1.03. The summed E-state index contributed by atoms with van der Waals surface area (Å²) in [6.45, 7) is 2.13. The Kier molecular flexibility index (Phi) is 4.08. The normalized spacial score (nSPS) is 13.0. The van der Waals surface area contributed by atoms with Gasteiger partial charge in [0.25, 0.3) is 0 Å². The van der Waals surface area contributed by atoms with E-state index in [9.17, 15) is 0 Å². The molecular formula is C9H9Br2Cl. The van der Waals surface area contributed by atoms with Crippen molar-refractivity contribution < 1.29 is 0 Å². The zero-order chi connectivity index (χ0) is 9.14. The zero-order valence-corrected chi connectivity index (χ0v) is 10.6. The van der Waals surface area contributed by atoms with Crippen molar-refractivity contribution in [3.8, 4) is 0 Å². The number of hydrogen-bond donors (Lipinski definition) is 0. The fourth-order valence-corrected chi connectivity index (χ4v) is 2.14. The van der Waals surface area contributed by atoms with E-state index >= 15 is 0 Å². The highest BCUT2D eigenvalue weighted by Gasteiger charge is 2.05. The van der Waals surface area contributed by atoms with Gasteiger partial charge < -0.3 is 0 Å². The highest BCUT2D eigenvalue weighted by Crippen LogP contribution is 2.30. The number of hydrogen-bond acceptors (Lipinski definition) is 0. The van der Waals surface area contributed by atoms with Gasteiger partial charge in [-0.05, 0) is 30.2 Å². The lowest BCUT2D eigenvalue weighted by Crippen LogP contribution is -1.87. The molecule has 0 heterocycles. The van der Waals surface area contributed by atoms with Gasteiger partial charge in [0.05, 0.1) is 0 Å². The van der Waals surface area contributed by atoms with Gasteiger partial charge in [-0.3, -0.25) is 0 Å². The Balaban J connectivity index is 3.00. The molecule has 1 aromatic rings. The highest BCUT2D eigenvalue weighted by molar-refractivity contribution is 9.10. The molecule has 0 nitrogen and oxygen atoms in total. The average Bonchev–Trinajstić information content (AvgIpc) is 2.01. The molecule has 0 radical (unpaired) electrons. The maximum atomic E-state index is 5.90. The van der Waals surface area contributed by atoms with Gasteiger partial charge in [-0.1, -0.05) is 50.4 Å². The molecule has 0 saturated carbocycles. The van der Waals surface area contributed by atoms with Crippen molar-refractivity contribution in [1.29, 1.82) is 0 Å². The molecule has 3 heteroatoms. The van der Waals surface area contributed by atoms with Gasteiger partial charge in [-0.25, -0.2) is 0 Å². The molecule has 0 aromatic heterocycles. The van der Waals surface area contributed by atoms with Crippen LogP contribution in [0.3, 0.4) is 0 Å². The van der Waals surface area contributed by atoms with Crippen molar-refractivity contribution in [2.45, 2.75) is 18.2 Å². The Labute approximate surface area is 94.6 Å². The van der Waals surface area contributed by atoms with Crippen LogP contribution in [0.2, 0.25) is 5.02 Å². The van der Waals surface area contributed by atoms with Crippen molar-refractivity contribution in [2.24, 2.45) is 0 Å². The van der Waals surface area contributed by atoms with Crippen molar-refractivity contribution in [2.75, 3.05) is 0 Å². The fraction of sp³-hybridized carbons (Fsp3) is 0.333. The van der Waals surface area contributed by atoms with Crippen LogP contribution in [0.15, 0.2) is 22.7 Å². The topological polar surface area (TPSA) is 0 Å². The summed E-state index contributed by atoms with van der Waals surface area (Å²) in [5.74, 6) is 0. The van der Waals surface area contributed by atoms with Crippen molar-refractivity contribution >= 4 is 43.5 Å². The van der Waals surface area contributed by atoms with Crippen LogP contribution in [-0.4, -0.2) is 0 Å². The molecule has 0 aliphatic rings. The summed E-state index contributed by atoms with van der Waals surface area (Å²) >= 11 is 12.9. The second-order valence-corrected chi connectivity index (χ2v) is 5.04. The Morgan fingerprint density at radius 2 is 2.08 bits per heavy atom. The molecule has 0 aliphatic heterocycles. The summed E-state index contributed by atoms with van der Waals surface area (Å²) in [5.41, 5.74) is 1.22. The summed E-state index contributed by atoms with van der Waals surface area (Å²) in [4.78, 5) is 0.396. The third-order valence-electron chi connectivity index (χ3n) is 1.61. The maximum Gasteiger partial charge on any atom is 0.0420 e. The van der Waals surface area contributed by atoms with Gasteiger partial charge in [-0.15, -0.1) is 0 Å².